The second-order valence-electron chi connectivity index (χ2n) is 4.13. The molecule has 2 nitrogen and oxygen atoms in total. The number of methoxy groups -OCH3 is 1. The lowest BCUT2D eigenvalue weighted by Gasteiger charge is -2.01. The van der Waals surface area contributed by atoms with Gasteiger partial charge in [0.2, 0.25) is 0 Å². The largest absolute Gasteiger partial charge is 0.466 e. The van der Waals surface area contributed by atoms with Crippen LogP contribution >= 0.6 is 11.8 Å². The maximum Gasteiger partial charge on any atom is 0.330 e. The van der Waals surface area contributed by atoms with Crippen LogP contribution in [0.5, 0.6) is 0 Å². The van der Waals surface area contributed by atoms with Crippen molar-refractivity contribution < 1.29 is 9.53 Å². The highest BCUT2D eigenvalue weighted by atomic mass is 32.2. The number of thioether (sulfide) groups is 1. The van der Waals surface area contributed by atoms with Crippen molar-refractivity contribution >= 4 is 28.5 Å². The lowest BCUT2D eigenvalue weighted by Crippen LogP contribution is -1.92. The maximum absolute atomic E-state index is 10.8. The third-order valence-electron chi connectivity index (χ3n) is 2.75. The Morgan fingerprint density at radius 3 is 2.75 bits per heavy atom. The first kappa shape index (κ1) is 14.4. The summed E-state index contributed by atoms with van der Waals surface area (Å²) in [5, 5.41) is 2.51. The molecule has 102 valence electrons. The Morgan fingerprint density at radius 1 is 1.15 bits per heavy atom. The number of fused-ring (bicyclic) bond motifs is 1. The van der Waals surface area contributed by atoms with Crippen molar-refractivity contribution in [3.05, 3.63) is 66.8 Å². The summed E-state index contributed by atoms with van der Waals surface area (Å²) < 4.78 is 4.50. The molecule has 3 heteroatoms. The van der Waals surface area contributed by atoms with Crippen molar-refractivity contribution in [2.75, 3.05) is 12.9 Å². The van der Waals surface area contributed by atoms with Crippen LogP contribution in [0, 0.1) is 0 Å². The molecule has 0 atom stereocenters. The predicted molar refractivity (Wildman–Crippen MR) is 85.0 cm³/mol. The van der Waals surface area contributed by atoms with E-state index in [4.69, 9.17) is 0 Å². The monoisotopic (exact) mass is 284 g/mol. The third-order valence-corrected chi connectivity index (χ3v) is 3.69. The predicted octanol–water partition coefficient (Wildman–Crippen LogP) is 4.22. The van der Waals surface area contributed by atoms with Gasteiger partial charge in [-0.05, 0) is 22.9 Å². The number of benzene rings is 2. The van der Waals surface area contributed by atoms with E-state index in [1.165, 1.54) is 28.9 Å². The Bertz CT molecular complexity index is 644. The van der Waals surface area contributed by atoms with Crippen molar-refractivity contribution in [2.45, 2.75) is 4.90 Å². The van der Waals surface area contributed by atoms with Crippen molar-refractivity contribution in [3.63, 3.8) is 0 Å². The van der Waals surface area contributed by atoms with Crippen LogP contribution in [0.1, 0.15) is 0 Å². The molecule has 0 aliphatic carbocycles. The van der Waals surface area contributed by atoms with E-state index in [1.54, 1.807) is 17.8 Å². The molecule has 0 heterocycles. The average molecular weight is 284 g/mol. The zero-order chi connectivity index (χ0) is 14.2. The first-order valence-electron chi connectivity index (χ1n) is 6.32. The van der Waals surface area contributed by atoms with E-state index in [0.29, 0.717) is 0 Å². The minimum Gasteiger partial charge on any atom is -0.466 e. The van der Waals surface area contributed by atoms with Gasteiger partial charge in [-0.3, -0.25) is 0 Å². The van der Waals surface area contributed by atoms with E-state index in [0.717, 1.165) is 5.75 Å². The lowest BCUT2D eigenvalue weighted by atomic mass is 10.1. The summed E-state index contributed by atoms with van der Waals surface area (Å²) in [6.07, 6.45) is 6.95. The van der Waals surface area contributed by atoms with Crippen molar-refractivity contribution in [2.24, 2.45) is 0 Å². The Morgan fingerprint density at radius 2 is 1.95 bits per heavy atom. The third kappa shape index (κ3) is 4.28. The van der Waals surface area contributed by atoms with Gasteiger partial charge < -0.3 is 4.74 Å². The molecule has 0 aromatic heterocycles. The fourth-order valence-electron chi connectivity index (χ4n) is 1.74. The maximum atomic E-state index is 10.8. The van der Waals surface area contributed by atoms with Crippen molar-refractivity contribution in [3.8, 4) is 0 Å². The Balaban J connectivity index is 1.88. The van der Waals surface area contributed by atoms with E-state index in [-0.39, 0.29) is 5.97 Å². The van der Waals surface area contributed by atoms with E-state index in [1.807, 2.05) is 24.3 Å². The molecule has 2 aromatic rings. The van der Waals surface area contributed by atoms with Crippen LogP contribution < -0.4 is 0 Å². The Kier molecular flexibility index (Phi) is 5.44. The number of esters is 1. The first-order chi connectivity index (χ1) is 9.79. The topological polar surface area (TPSA) is 26.3 Å². The molecular formula is C17H16O2S. The van der Waals surface area contributed by atoms with Crippen LogP contribution in [0.15, 0.2) is 71.7 Å². The normalized spacial score (nSPS) is 11.4. The lowest BCUT2D eigenvalue weighted by molar-refractivity contribution is -0.134. The molecule has 0 bridgehead atoms. The van der Waals surface area contributed by atoms with Crippen LogP contribution in [0.4, 0.5) is 0 Å². The minimum absolute atomic E-state index is 0.336. The second kappa shape index (κ2) is 7.56. The summed E-state index contributed by atoms with van der Waals surface area (Å²) in [4.78, 5) is 12.1. The molecule has 0 amide bonds. The van der Waals surface area contributed by atoms with E-state index >= 15 is 0 Å². The zero-order valence-electron chi connectivity index (χ0n) is 11.3. The van der Waals surface area contributed by atoms with Gasteiger partial charge in [0, 0.05) is 16.7 Å². The van der Waals surface area contributed by atoms with Gasteiger partial charge in [0.05, 0.1) is 7.11 Å². The summed E-state index contributed by atoms with van der Waals surface area (Å²) in [6, 6.07) is 14.8. The zero-order valence-corrected chi connectivity index (χ0v) is 12.1. The highest BCUT2D eigenvalue weighted by Gasteiger charge is 1.95. The molecule has 2 rings (SSSR count). The Hall–Kier alpha value is -2.00. The van der Waals surface area contributed by atoms with Gasteiger partial charge in [-0.25, -0.2) is 4.79 Å². The number of carbonyl (C=O) groups is 1. The molecule has 0 saturated carbocycles. The van der Waals surface area contributed by atoms with Crippen molar-refractivity contribution in [1.82, 2.24) is 0 Å². The van der Waals surface area contributed by atoms with Crippen LogP contribution in [0.25, 0.3) is 10.8 Å². The van der Waals surface area contributed by atoms with Gasteiger partial charge in [0.1, 0.15) is 0 Å². The van der Waals surface area contributed by atoms with Gasteiger partial charge >= 0.3 is 5.97 Å². The standard InChI is InChI=1S/C17H16O2S/c1-19-17(18)9-3-2-6-12-20-16-11-10-14-7-4-5-8-15(14)13-16/h2-11,13H,12H2,1H3/b6-2+,9-3+. The summed E-state index contributed by atoms with van der Waals surface area (Å²) in [5.74, 6) is 0.529. The fourth-order valence-corrected chi connectivity index (χ4v) is 2.51. The second-order valence-corrected chi connectivity index (χ2v) is 5.22. The molecule has 0 N–H and O–H groups in total. The number of carbonyl (C=O) groups excluding carboxylic acids is 1. The number of allylic oxidation sites excluding steroid dienone is 2. The Labute approximate surface area is 123 Å². The van der Waals surface area contributed by atoms with Crippen LogP contribution in [0.2, 0.25) is 0 Å². The molecule has 0 aliphatic heterocycles. The number of hydrogen-bond acceptors (Lipinski definition) is 3. The summed E-state index contributed by atoms with van der Waals surface area (Å²) in [5.41, 5.74) is 0. The smallest absolute Gasteiger partial charge is 0.330 e. The molecule has 0 fully saturated rings. The quantitative estimate of drug-likeness (QED) is 0.356. The molecule has 0 aliphatic rings. The van der Waals surface area contributed by atoms with Gasteiger partial charge in [0.15, 0.2) is 0 Å². The van der Waals surface area contributed by atoms with Gasteiger partial charge in [-0.1, -0.05) is 48.6 Å². The number of rotatable bonds is 5. The molecule has 0 unspecified atom stereocenters. The van der Waals surface area contributed by atoms with Gasteiger partial charge in [0.25, 0.3) is 0 Å². The number of ether oxygens (including phenoxy) is 1. The SMILES string of the molecule is COC(=O)/C=C/C=C/CSc1ccc2ccccc2c1. The molecule has 0 saturated heterocycles. The van der Waals surface area contributed by atoms with E-state index < -0.39 is 0 Å². The molecule has 2 aromatic carbocycles. The summed E-state index contributed by atoms with van der Waals surface area (Å²) >= 11 is 1.76. The minimum atomic E-state index is -0.336. The fraction of sp³-hybridized carbons (Fsp3) is 0.118. The molecule has 0 spiro atoms. The highest BCUT2D eigenvalue weighted by molar-refractivity contribution is 7.99. The molecule has 0 radical (unpaired) electrons. The molecular weight excluding hydrogens is 268 g/mol. The van der Waals surface area contributed by atoms with Crippen LogP contribution in [-0.4, -0.2) is 18.8 Å². The highest BCUT2D eigenvalue weighted by Crippen LogP contribution is 2.23. The first-order valence-corrected chi connectivity index (χ1v) is 7.31. The molecule has 20 heavy (non-hydrogen) atoms. The van der Waals surface area contributed by atoms with Gasteiger partial charge in [-0.2, -0.15) is 0 Å². The average Bonchev–Trinajstić information content (AvgIpc) is 2.50. The number of hydrogen-bond donors (Lipinski definition) is 0. The summed E-state index contributed by atoms with van der Waals surface area (Å²) in [7, 11) is 1.37. The van der Waals surface area contributed by atoms with Crippen LogP contribution in [0.3, 0.4) is 0 Å². The van der Waals surface area contributed by atoms with E-state index in [9.17, 15) is 4.79 Å². The van der Waals surface area contributed by atoms with Crippen LogP contribution in [-0.2, 0) is 9.53 Å². The van der Waals surface area contributed by atoms with E-state index in [2.05, 4.69) is 35.1 Å². The van der Waals surface area contributed by atoms with Crippen molar-refractivity contribution in [1.29, 1.82) is 0 Å². The summed E-state index contributed by atoms with van der Waals surface area (Å²) in [6.45, 7) is 0. The van der Waals surface area contributed by atoms with Gasteiger partial charge in [-0.15, -0.1) is 11.8 Å².